The van der Waals surface area contributed by atoms with E-state index >= 15 is 0 Å². The van der Waals surface area contributed by atoms with E-state index in [1.165, 1.54) is 0 Å². The quantitative estimate of drug-likeness (QED) is 0.334. The van der Waals surface area contributed by atoms with Crippen LogP contribution in [-0.4, -0.2) is 11.1 Å². The van der Waals surface area contributed by atoms with Crippen molar-refractivity contribution in [2.45, 2.75) is 6.92 Å². The van der Waals surface area contributed by atoms with Crippen LogP contribution < -0.4 is 51.4 Å². The Kier molecular flexibility index (Phi) is 9.64. The van der Waals surface area contributed by atoms with Gasteiger partial charge in [-0.2, -0.15) is 0 Å². The number of rotatable bonds is 0. The van der Waals surface area contributed by atoms with E-state index in [-0.39, 0.29) is 52.8 Å². The predicted octanol–water partition coefficient (Wildman–Crippen LogP) is -2.79. The molecule has 5 heavy (non-hydrogen) atoms. The number of carbonyl (C=O) groups is 1. The molecule has 0 saturated heterocycles. The van der Waals surface area contributed by atoms with Gasteiger partial charge in [0, 0.05) is 6.92 Å². The Hall–Kier alpha value is 1.11. The van der Waals surface area contributed by atoms with E-state index in [9.17, 15) is 0 Å². The van der Waals surface area contributed by atoms with Gasteiger partial charge in [-0.15, -0.1) is 0 Å². The summed E-state index contributed by atoms with van der Waals surface area (Å²) in [7, 11) is 0. The first-order valence-electron chi connectivity index (χ1n) is 0.928. The van der Waals surface area contributed by atoms with Crippen LogP contribution in [0, 0.1) is 0 Å². The first-order valence-corrected chi connectivity index (χ1v) is 0.928. The summed E-state index contributed by atoms with van der Waals surface area (Å²) in [6.07, 6.45) is 0. The third-order valence-electron chi connectivity index (χ3n) is 0. The van der Waals surface area contributed by atoms with Gasteiger partial charge in [-0.1, -0.05) is 0 Å². The second-order valence-electron chi connectivity index (χ2n) is 0.519. The van der Waals surface area contributed by atoms with Crippen LogP contribution in [0.3, 0.4) is 0 Å². The molecule has 0 saturated carbocycles. The van der Waals surface area contributed by atoms with Crippen LogP contribution in [0.15, 0.2) is 0 Å². The maximum atomic E-state index is 9.00. The first-order chi connectivity index (χ1) is 1.73. The summed E-state index contributed by atoms with van der Waals surface area (Å²) in [4.78, 5) is 9.00. The van der Waals surface area contributed by atoms with Crippen LogP contribution in [0.2, 0.25) is 0 Å². The van der Waals surface area contributed by atoms with Crippen LogP contribution in [0.4, 0.5) is 0 Å². The molecule has 0 aliphatic carbocycles. The molecule has 0 aromatic carbocycles. The molecule has 0 radical (unpaired) electrons. The molecule has 0 amide bonds. The number of hydrogen-bond acceptors (Lipinski definition) is 1. The monoisotopic (exact) mass is 100.0 g/mol. The third kappa shape index (κ3) is 40.3. The van der Waals surface area contributed by atoms with Gasteiger partial charge in [0.15, 0.2) is 0 Å². The van der Waals surface area contributed by atoms with Gasteiger partial charge >= 0.3 is 51.4 Å². The Labute approximate surface area is 74.5 Å². The zero-order chi connectivity index (χ0) is 3.58. The van der Waals surface area contributed by atoms with Crippen LogP contribution in [0.25, 0.3) is 0 Å². The predicted molar refractivity (Wildman–Crippen MR) is 14.4 cm³/mol. The zero-order valence-corrected chi connectivity index (χ0v) is 6.48. The second kappa shape index (κ2) is 5.11. The number of hydrogen-bond donors (Lipinski definition) is 1. The van der Waals surface area contributed by atoms with Gasteiger partial charge in [0.1, 0.15) is 0 Å². The van der Waals surface area contributed by atoms with E-state index in [0.29, 0.717) is 0 Å². The van der Waals surface area contributed by atoms with E-state index in [4.69, 9.17) is 9.90 Å². The van der Waals surface area contributed by atoms with Crippen molar-refractivity contribution >= 4 is 5.97 Å². The summed E-state index contributed by atoms with van der Waals surface area (Å²) < 4.78 is 0. The van der Waals surface area contributed by atoms with Crippen molar-refractivity contribution in [3.8, 4) is 0 Å². The average Bonchev–Trinajstić information content (AvgIpc) is 0.811. The standard InChI is InChI=1S/C2H4O2.K.H/c1-2(3)4;;/h1H3,(H,3,4);;/q;+1;-1. The molecule has 0 aromatic rings. The van der Waals surface area contributed by atoms with Gasteiger partial charge in [-0.25, -0.2) is 0 Å². The summed E-state index contributed by atoms with van der Waals surface area (Å²) in [5.41, 5.74) is 0. The van der Waals surface area contributed by atoms with E-state index in [1.54, 1.807) is 0 Å². The Morgan fingerprint density at radius 3 is 2.00 bits per heavy atom. The molecule has 0 fully saturated rings. The molecule has 1 N–H and O–H groups in total. The minimum absolute atomic E-state index is 0. The SMILES string of the molecule is CC(=O)O.[H-].[K+]. The van der Waals surface area contributed by atoms with Crippen LogP contribution >= 0.6 is 0 Å². The molecular weight excluding hydrogens is 95.1 g/mol. The molecule has 3 heteroatoms. The molecule has 2 nitrogen and oxygen atoms in total. The second-order valence-corrected chi connectivity index (χ2v) is 0.519. The largest absolute Gasteiger partial charge is 1.00 e. The Balaban J connectivity index is -0.0000000450. The van der Waals surface area contributed by atoms with Crippen molar-refractivity contribution in [1.29, 1.82) is 0 Å². The van der Waals surface area contributed by atoms with Crippen LogP contribution in [0.1, 0.15) is 8.35 Å². The molecule has 0 unspecified atom stereocenters. The number of carboxylic acid groups (broad SMARTS) is 1. The molecule has 0 atom stereocenters. The maximum Gasteiger partial charge on any atom is 1.00 e. The molecule has 0 heterocycles. The summed E-state index contributed by atoms with van der Waals surface area (Å²) >= 11 is 0. The minimum atomic E-state index is -0.833. The Morgan fingerprint density at radius 1 is 2.00 bits per heavy atom. The van der Waals surface area contributed by atoms with Crippen molar-refractivity contribution in [1.82, 2.24) is 0 Å². The Morgan fingerprint density at radius 2 is 2.00 bits per heavy atom. The maximum absolute atomic E-state index is 9.00. The summed E-state index contributed by atoms with van der Waals surface area (Å²) in [6.45, 7) is 1.08. The first kappa shape index (κ1) is 9.44. The zero-order valence-electron chi connectivity index (χ0n) is 4.36. The molecule has 0 rings (SSSR count). The van der Waals surface area contributed by atoms with E-state index in [0.717, 1.165) is 6.92 Å². The van der Waals surface area contributed by atoms with Crippen molar-refractivity contribution in [2.75, 3.05) is 0 Å². The van der Waals surface area contributed by atoms with Crippen LogP contribution in [-0.2, 0) is 4.79 Å². The van der Waals surface area contributed by atoms with Gasteiger partial charge < -0.3 is 6.53 Å². The van der Waals surface area contributed by atoms with Gasteiger partial charge in [0.05, 0.1) is 0 Å². The van der Waals surface area contributed by atoms with Gasteiger partial charge in [0.25, 0.3) is 5.97 Å². The fourth-order valence-electron chi connectivity index (χ4n) is 0. The molecule has 0 aliphatic rings. The normalized spacial score (nSPS) is 5.00. The Bertz CT molecular complexity index is 34.5. The molecule has 0 bridgehead atoms. The van der Waals surface area contributed by atoms with E-state index in [2.05, 4.69) is 0 Å². The van der Waals surface area contributed by atoms with Crippen LogP contribution in [0.5, 0.6) is 0 Å². The molecular formula is C2H5KO2. The van der Waals surface area contributed by atoms with Crippen molar-refractivity contribution in [3.05, 3.63) is 0 Å². The molecule has 26 valence electrons. The fraction of sp³-hybridized carbons (Fsp3) is 0.500. The van der Waals surface area contributed by atoms with Gasteiger partial charge in [0.2, 0.25) is 0 Å². The van der Waals surface area contributed by atoms with Gasteiger partial charge in [-0.3, -0.25) is 4.79 Å². The fourth-order valence-corrected chi connectivity index (χ4v) is 0. The molecule has 0 aliphatic heterocycles. The minimum Gasteiger partial charge on any atom is -1.00 e. The summed E-state index contributed by atoms with van der Waals surface area (Å²) in [5, 5.41) is 7.42. The topological polar surface area (TPSA) is 37.3 Å². The number of aliphatic carboxylic acids is 1. The molecule has 0 aromatic heterocycles. The van der Waals surface area contributed by atoms with Gasteiger partial charge in [-0.05, 0) is 0 Å². The van der Waals surface area contributed by atoms with Crippen molar-refractivity contribution < 1.29 is 62.7 Å². The summed E-state index contributed by atoms with van der Waals surface area (Å²) in [6, 6.07) is 0. The van der Waals surface area contributed by atoms with E-state index < -0.39 is 5.97 Å². The third-order valence-corrected chi connectivity index (χ3v) is 0. The average molecular weight is 100 g/mol. The summed E-state index contributed by atoms with van der Waals surface area (Å²) in [5.74, 6) is -0.833. The molecule has 0 spiro atoms. The smallest absolute Gasteiger partial charge is 1.00 e. The van der Waals surface area contributed by atoms with E-state index in [1.807, 2.05) is 0 Å². The van der Waals surface area contributed by atoms with Crippen molar-refractivity contribution in [2.24, 2.45) is 0 Å². The van der Waals surface area contributed by atoms with Crippen molar-refractivity contribution in [3.63, 3.8) is 0 Å². The number of carboxylic acids is 1.